The molecule has 0 aromatic heterocycles. The first-order chi connectivity index (χ1) is 8.99. The molecule has 0 radical (unpaired) electrons. The van der Waals surface area contributed by atoms with Crippen molar-refractivity contribution in [3.05, 3.63) is 58.9 Å². The van der Waals surface area contributed by atoms with Gasteiger partial charge in [0.2, 0.25) is 0 Å². The Balaban J connectivity index is 2.31. The van der Waals surface area contributed by atoms with Gasteiger partial charge in [0, 0.05) is 11.4 Å². The highest BCUT2D eigenvalue weighted by Gasteiger charge is 2.12. The fraction of sp³-hybridized carbons (Fsp3) is 0.133. The first-order valence-electron chi connectivity index (χ1n) is 5.91. The molecule has 0 unspecified atom stereocenters. The van der Waals surface area contributed by atoms with Gasteiger partial charge in [0.15, 0.2) is 0 Å². The van der Waals surface area contributed by atoms with E-state index in [0.29, 0.717) is 5.69 Å². The lowest BCUT2D eigenvalue weighted by atomic mass is 10.1. The third kappa shape index (κ3) is 2.73. The van der Waals surface area contributed by atoms with E-state index in [1.807, 2.05) is 26.0 Å². The number of hydrogen-bond acceptors (Lipinski definition) is 2. The van der Waals surface area contributed by atoms with Crippen LogP contribution >= 0.6 is 0 Å². The third-order valence-corrected chi connectivity index (χ3v) is 3.11. The first kappa shape index (κ1) is 13.1. The lowest BCUT2D eigenvalue weighted by Gasteiger charge is -2.11. The SMILES string of the molecule is Cc1cccc(NC(=O)c2cc(F)ccc2N)c1C. The lowest BCUT2D eigenvalue weighted by Crippen LogP contribution is -2.15. The summed E-state index contributed by atoms with van der Waals surface area (Å²) >= 11 is 0. The quantitative estimate of drug-likeness (QED) is 0.812. The number of hydrogen-bond donors (Lipinski definition) is 2. The summed E-state index contributed by atoms with van der Waals surface area (Å²) in [5, 5.41) is 2.75. The second-order valence-corrected chi connectivity index (χ2v) is 4.43. The molecule has 4 heteroatoms. The number of anilines is 2. The molecule has 2 rings (SSSR count). The van der Waals surface area contributed by atoms with Crippen molar-refractivity contribution in [1.82, 2.24) is 0 Å². The molecule has 0 atom stereocenters. The molecule has 98 valence electrons. The van der Waals surface area contributed by atoms with Gasteiger partial charge in [0.05, 0.1) is 5.56 Å². The van der Waals surface area contributed by atoms with Crippen LogP contribution in [0.2, 0.25) is 0 Å². The van der Waals surface area contributed by atoms with Crippen LogP contribution in [0.5, 0.6) is 0 Å². The molecule has 1 amide bonds. The number of halogens is 1. The summed E-state index contributed by atoms with van der Waals surface area (Å²) in [5.41, 5.74) is 8.83. The highest BCUT2D eigenvalue weighted by atomic mass is 19.1. The molecule has 0 aliphatic heterocycles. The van der Waals surface area contributed by atoms with Gasteiger partial charge in [0.1, 0.15) is 5.82 Å². The van der Waals surface area contributed by atoms with Crippen molar-refractivity contribution in [1.29, 1.82) is 0 Å². The minimum Gasteiger partial charge on any atom is -0.398 e. The van der Waals surface area contributed by atoms with Gasteiger partial charge < -0.3 is 11.1 Å². The monoisotopic (exact) mass is 258 g/mol. The molecule has 0 saturated carbocycles. The van der Waals surface area contributed by atoms with Crippen LogP contribution in [-0.2, 0) is 0 Å². The zero-order chi connectivity index (χ0) is 14.0. The Hall–Kier alpha value is -2.36. The van der Waals surface area contributed by atoms with Gasteiger partial charge in [-0.15, -0.1) is 0 Å². The molecule has 0 fully saturated rings. The van der Waals surface area contributed by atoms with Crippen molar-refractivity contribution in [2.45, 2.75) is 13.8 Å². The molecule has 3 nitrogen and oxygen atoms in total. The van der Waals surface area contributed by atoms with Crippen LogP contribution in [0.15, 0.2) is 36.4 Å². The Kier molecular flexibility index (Phi) is 3.51. The molecule has 3 N–H and O–H groups in total. The number of carbonyl (C=O) groups excluding carboxylic acids is 1. The van der Waals surface area contributed by atoms with Gasteiger partial charge in [-0.3, -0.25) is 4.79 Å². The van der Waals surface area contributed by atoms with Crippen LogP contribution in [0, 0.1) is 19.7 Å². The lowest BCUT2D eigenvalue weighted by molar-refractivity contribution is 0.102. The van der Waals surface area contributed by atoms with E-state index in [2.05, 4.69) is 5.32 Å². The topological polar surface area (TPSA) is 55.1 Å². The van der Waals surface area contributed by atoms with E-state index < -0.39 is 11.7 Å². The maximum Gasteiger partial charge on any atom is 0.257 e. The number of amides is 1. The molecule has 0 spiro atoms. The van der Waals surface area contributed by atoms with Crippen molar-refractivity contribution in [3.63, 3.8) is 0 Å². The van der Waals surface area contributed by atoms with Crippen LogP contribution in [0.1, 0.15) is 21.5 Å². The Morgan fingerprint density at radius 3 is 2.68 bits per heavy atom. The second kappa shape index (κ2) is 5.10. The minimum absolute atomic E-state index is 0.140. The predicted octanol–water partition coefficient (Wildman–Crippen LogP) is 3.28. The Bertz CT molecular complexity index is 638. The zero-order valence-electron chi connectivity index (χ0n) is 10.8. The van der Waals surface area contributed by atoms with Gasteiger partial charge in [0.25, 0.3) is 5.91 Å². The Labute approximate surface area is 111 Å². The normalized spacial score (nSPS) is 10.3. The molecule has 0 aliphatic carbocycles. The third-order valence-electron chi connectivity index (χ3n) is 3.11. The van der Waals surface area contributed by atoms with E-state index in [1.165, 1.54) is 12.1 Å². The summed E-state index contributed by atoms with van der Waals surface area (Å²) in [4.78, 5) is 12.1. The second-order valence-electron chi connectivity index (χ2n) is 4.43. The average molecular weight is 258 g/mol. The summed E-state index contributed by atoms with van der Waals surface area (Å²) < 4.78 is 13.2. The molecule has 2 aromatic carbocycles. The van der Waals surface area contributed by atoms with E-state index >= 15 is 0 Å². The van der Waals surface area contributed by atoms with E-state index in [0.717, 1.165) is 17.2 Å². The maximum atomic E-state index is 13.2. The standard InChI is InChI=1S/C15H15FN2O/c1-9-4-3-5-14(10(9)2)18-15(19)12-8-11(16)6-7-13(12)17/h3-8H,17H2,1-2H3,(H,18,19). The molecule has 0 heterocycles. The minimum atomic E-state index is -0.486. The fourth-order valence-electron chi connectivity index (χ4n) is 1.80. The zero-order valence-corrected chi connectivity index (χ0v) is 10.8. The van der Waals surface area contributed by atoms with Crippen LogP contribution in [-0.4, -0.2) is 5.91 Å². The van der Waals surface area contributed by atoms with Gasteiger partial charge >= 0.3 is 0 Å². The Morgan fingerprint density at radius 2 is 1.95 bits per heavy atom. The smallest absolute Gasteiger partial charge is 0.257 e. The molecular formula is C15H15FN2O. The van der Waals surface area contributed by atoms with Gasteiger partial charge in [-0.2, -0.15) is 0 Å². The van der Waals surface area contributed by atoms with Gasteiger partial charge in [-0.05, 0) is 49.2 Å². The van der Waals surface area contributed by atoms with Crippen molar-refractivity contribution in [2.24, 2.45) is 0 Å². The molecule has 2 aromatic rings. The number of rotatable bonds is 2. The highest BCUT2D eigenvalue weighted by molar-refractivity contribution is 6.08. The molecule has 0 saturated heterocycles. The average Bonchev–Trinajstić information content (AvgIpc) is 2.38. The van der Waals surface area contributed by atoms with E-state index in [1.54, 1.807) is 6.07 Å². The number of nitrogens with two attached hydrogens (primary N) is 1. The molecule has 0 bridgehead atoms. The van der Waals surface area contributed by atoms with Gasteiger partial charge in [-0.25, -0.2) is 4.39 Å². The van der Waals surface area contributed by atoms with Crippen molar-refractivity contribution >= 4 is 17.3 Å². The van der Waals surface area contributed by atoms with E-state index in [-0.39, 0.29) is 11.3 Å². The Morgan fingerprint density at radius 1 is 1.21 bits per heavy atom. The predicted molar refractivity (Wildman–Crippen MR) is 74.7 cm³/mol. The van der Waals surface area contributed by atoms with E-state index in [9.17, 15) is 9.18 Å². The summed E-state index contributed by atoms with van der Waals surface area (Å²) in [5.74, 6) is -0.897. The highest BCUT2D eigenvalue weighted by Crippen LogP contribution is 2.20. The molecule has 0 aliphatic rings. The number of carbonyl (C=O) groups is 1. The van der Waals surface area contributed by atoms with Crippen molar-refractivity contribution in [2.75, 3.05) is 11.1 Å². The maximum absolute atomic E-state index is 13.2. The molecule has 19 heavy (non-hydrogen) atoms. The van der Waals surface area contributed by atoms with E-state index in [4.69, 9.17) is 5.73 Å². The first-order valence-corrected chi connectivity index (χ1v) is 5.91. The number of benzene rings is 2. The van der Waals surface area contributed by atoms with Crippen LogP contribution < -0.4 is 11.1 Å². The summed E-state index contributed by atoms with van der Waals surface area (Å²) in [6, 6.07) is 9.36. The van der Waals surface area contributed by atoms with Crippen LogP contribution in [0.3, 0.4) is 0 Å². The van der Waals surface area contributed by atoms with Crippen LogP contribution in [0.25, 0.3) is 0 Å². The van der Waals surface area contributed by atoms with Crippen molar-refractivity contribution < 1.29 is 9.18 Å². The van der Waals surface area contributed by atoms with Crippen molar-refractivity contribution in [3.8, 4) is 0 Å². The largest absolute Gasteiger partial charge is 0.398 e. The fourth-order valence-corrected chi connectivity index (χ4v) is 1.80. The number of nitrogen functional groups attached to an aromatic ring is 1. The molecular weight excluding hydrogens is 243 g/mol. The summed E-state index contributed by atoms with van der Waals surface area (Å²) in [6.07, 6.45) is 0. The summed E-state index contributed by atoms with van der Waals surface area (Å²) in [7, 11) is 0. The van der Waals surface area contributed by atoms with Crippen LogP contribution in [0.4, 0.5) is 15.8 Å². The number of aryl methyl sites for hydroxylation is 1. The number of nitrogens with one attached hydrogen (secondary N) is 1. The summed E-state index contributed by atoms with van der Waals surface area (Å²) in [6.45, 7) is 3.88. The van der Waals surface area contributed by atoms with Gasteiger partial charge in [-0.1, -0.05) is 12.1 Å².